The fourth-order valence-electron chi connectivity index (χ4n) is 0.883. The van der Waals surface area contributed by atoms with Crippen molar-refractivity contribution in [3.63, 3.8) is 0 Å². The van der Waals surface area contributed by atoms with Gasteiger partial charge in [-0.1, -0.05) is 15.9 Å². The molecule has 0 atom stereocenters. The van der Waals surface area contributed by atoms with Crippen molar-refractivity contribution in [1.29, 1.82) is 0 Å². The maximum atomic E-state index is 11.2. The molecule has 0 aromatic rings. The number of nitrogens with one attached hydrogen (secondary N) is 1. The van der Waals surface area contributed by atoms with Gasteiger partial charge in [0.05, 0.1) is 0 Å². The lowest BCUT2D eigenvalue weighted by molar-refractivity contribution is -0.121. The van der Waals surface area contributed by atoms with Crippen LogP contribution < -0.4 is 5.32 Å². The Morgan fingerprint density at radius 1 is 1.58 bits per heavy atom. The van der Waals surface area contributed by atoms with Gasteiger partial charge in [-0.05, 0) is 19.3 Å². The van der Waals surface area contributed by atoms with E-state index in [4.69, 9.17) is 0 Å². The van der Waals surface area contributed by atoms with Gasteiger partial charge in [-0.25, -0.2) is 0 Å². The first-order valence-corrected chi connectivity index (χ1v) is 4.89. The van der Waals surface area contributed by atoms with Crippen LogP contribution in [-0.2, 0) is 9.59 Å². The second-order valence-corrected chi connectivity index (χ2v) is 4.55. The van der Waals surface area contributed by atoms with Crippen molar-refractivity contribution in [1.82, 2.24) is 5.32 Å². The van der Waals surface area contributed by atoms with E-state index in [2.05, 4.69) is 21.2 Å². The van der Waals surface area contributed by atoms with Gasteiger partial charge in [0.15, 0.2) is 0 Å². The molecule has 0 aromatic heterocycles. The molecule has 1 N–H and O–H groups in total. The number of aldehydes is 1. The third kappa shape index (κ3) is 2.59. The van der Waals surface area contributed by atoms with Gasteiger partial charge in [0, 0.05) is 13.0 Å². The highest BCUT2D eigenvalue weighted by Crippen LogP contribution is 2.44. The fraction of sp³-hybridized carbons (Fsp3) is 0.750. The summed E-state index contributed by atoms with van der Waals surface area (Å²) >= 11 is 3.34. The second-order valence-electron chi connectivity index (χ2n) is 3.03. The molecule has 4 heteroatoms. The van der Waals surface area contributed by atoms with E-state index in [1.807, 2.05) is 0 Å². The summed E-state index contributed by atoms with van der Waals surface area (Å²) in [5.41, 5.74) is 0. The van der Waals surface area contributed by atoms with E-state index < -0.39 is 0 Å². The van der Waals surface area contributed by atoms with E-state index in [9.17, 15) is 9.59 Å². The Morgan fingerprint density at radius 3 is 2.75 bits per heavy atom. The minimum absolute atomic E-state index is 0.0633. The Bertz CT molecular complexity index is 189. The smallest absolute Gasteiger partial charge is 0.236 e. The second kappa shape index (κ2) is 4.03. The van der Waals surface area contributed by atoms with Gasteiger partial charge in [0.1, 0.15) is 10.6 Å². The standard InChI is InChI=1S/C8H12BrNO2/c9-8(3-4-8)7(12)10-5-1-2-6-11/h6H,1-5H2,(H,10,12). The van der Waals surface area contributed by atoms with Crippen LogP contribution in [0.25, 0.3) is 0 Å². The van der Waals surface area contributed by atoms with E-state index in [0.717, 1.165) is 25.5 Å². The molecule has 1 fully saturated rings. The molecule has 1 aliphatic rings. The molecule has 0 aromatic carbocycles. The zero-order chi connectivity index (χ0) is 9.03. The molecule has 12 heavy (non-hydrogen) atoms. The maximum Gasteiger partial charge on any atom is 0.236 e. The van der Waals surface area contributed by atoms with Crippen LogP contribution in [0, 0.1) is 0 Å². The van der Waals surface area contributed by atoms with Crippen LogP contribution in [0.4, 0.5) is 0 Å². The van der Waals surface area contributed by atoms with Gasteiger partial charge >= 0.3 is 0 Å². The SMILES string of the molecule is O=CCCCNC(=O)C1(Br)CC1. The Kier molecular flexibility index (Phi) is 3.26. The van der Waals surface area contributed by atoms with Crippen LogP contribution in [-0.4, -0.2) is 23.1 Å². The summed E-state index contributed by atoms with van der Waals surface area (Å²) in [6.07, 6.45) is 3.97. The maximum absolute atomic E-state index is 11.2. The van der Waals surface area contributed by atoms with Gasteiger partial charge in [-0.15, -0.1) is 0 Å². The molecular weight excluding hydrogens is 222 g/mol. The van der Waals surface area contributed by atoms with E-state index in [0.29, 0.717) is 13.0 Å². The number of hydrogen-bond acceptors (Lipinski definition) is 2. The lowest BCUT2D eigenvalue weighted by atomic mass is 10.3. The number of hydrogen-bond donors (Lipinski definition) is 1. The summed E-state index contributed by atoms with van der Waals surface area (Å²) in [6, 6.07) is 0. The van der Waals surface area contributed by atoms with Gasteiger partial charge < -0.3 is 10.1 Å². The summed E-state index contributed by atoms with van der Waals surface area (Å²) in [6.45, 7) is 0.602. The molecule has 1 amide bonds. The van der Waals surface area contributed by atoms with Crippen LogP contribution >= 0.6 is 15.9 Å². The third-order valence-electron chi connectivity index (χ3n) is 1.88. The molecule has 0 unspecified atom stereocenters. The number of carbonyl (C=O) groups excluding carboxylic acids is 2. The largest absolute Gasteiger partial charge is 0.355 e. The highest BCUT2D eigenvalue weighted by atomic mass is 79.9. The molecule has 0 heterocycles. The predicted octanol–water partition coefficient (Wildman–Crippen LogP) is 1.01. The zero-order valence-electron chi connectivity index (χ0n) is 6.81. The Hall–Kier alpha value is -0.380. The Labute approximate surface area is 80.0 Å². The first-order chi connectivity index (χ1) is 5.69. The van der Waals surface area contributed by atoms with Gasteiger partial charge in [-0.2, -0.15) is 0 Å². The van der Waals surface area contributed by atoms with Crippen LogP contribution in [0.5, 0.6) is 0 Å². The number of unbranched alkanes of at least 4 members (excludes halogenated alkanes) is 1. The Balaban J connectivity index is 2.07. The zero-order valence-corrected chi connectivity index (χ0v) is 8.39. The molecule has 0 radical (unpaired) electrons. The minimum atomic E-state index is -0.270. The van der Waals surface area contributed by atoms with Crippen molar-refractivity contribution >= 4 is 28.1 Å². The van der Waals surface area contributed by atoms with E-state index in [-0.39, 0.29) is 10.2 Å². The van der Waals surface area contributed by atoms with Crippen molar-refractivity contribution in [2.45, 2.75) is 30.0 Å². The quantitative estimate of drug-likeness (QED) is 0.438. The summed E-state index contributed by atoms with van der Waals surface area (Å²) in [7, 11) is 0. The van der Waals surface area contributed by atoms with Crippen LogP contribution in [0.1, 0.15) is 25.7 Å². The van der Waals surface area contributed by atoms with Crippen LogP contribution in [0.3, 0.4) is 0 Å². The lowest BCUT2D eigenvalue weighted by Gasteiger charge is -2.06. The number of halogens is 1. The molecule has 0 spiro atoms. The molecule has 0 bridgehead atoms. The van der Waals surface area contributed by atoms with Crippen molar-refractivity contribution in [2.75, 3.05) is 6.54 Å². The summed E-state index contributed by atoms with van der Waals surface area (Å²) < 4.78 is -0.270. The van der Waals surface area contributed by atoms with Gasteiger partial charge in [-0.3, -0.25) is 4.79 Å². The average molecular weight is 234 g/mol. The topological polar surface area (TPSA) is 46.2 Å². The van der Waals surface area contributed by atoms with Crippen molar-refractivity contribution in [2.24, 2.45) is 0 Å². The number of amides is 1. The van der Waals surface area contributed by atoms with Crippen LogP contribution in [0.2, 0.25) is 0 Å². The van der Waals surface area contributed by atoms with Crippen molar-refractivity contribution in [3.05, 3.63) is 0 Å². The van der Waals surface area contributed by atoms with Gasteiger partial charge in [0.2, 0.25) is 5.91 Å². The average Bonchev–Trinajstić information content (AvgIpc) is 2.78. The van der Waals surface area contributed by atoms with Crippen molar-refractivity contribution < 1.29 is 9.59 Å². The van der Waals surface area contributed by atoms with Crippen molar-refractivity contribution in [3.8, 4) is 0 Å². The highest BCUT2D eigenvalue weighted by molar-refractivity contribution is 9.10. The normalized spacial score (nSPS) is 18.4. The van der Waals surface area contributed by atoms with Crippen LogP contribution in [0.15, 0.2) is 0 Å². The first-order valence-electron chi connectivity index (χ1n) is 4.10. The highest BCUT2D eigenvalue weighted by Gasteiger charge is 2.47. The number of alkyl halides is 1. The molecule has 1 aliphatic carbocycles. The van der Waals surface area contributed by atoms with E-state index in [1.54, 1.807) is 0 Å². The molecule has 68 valence electrons. The summed E-state index contributed by atoms with van der Waals surface area (Å²) in [4.78, 5) is 21.2. The van der Waals surface area contributed by atoms with E-state index in [1.165, 1.54) is 0 Å². The predicted molar refractivity (Wildman–Crippen MR) is 49.2 cm³/mol. The molecule has 0 saturated heterocycles. The monoisotopic (exact) mass is 233 g/mol. The Morgan fingerprint density at radius 2 is 2.25 bits per heavy atom. The summed E-state index contributed by atoms with van der Waals surface area (Å²) in [5, 5.41) is 2.78. The summed E-state index contributed by atoms with van der Waals surface area (Å²) in [5.74, 6) is 0.0633. The first kappa shape index (κ1) is 9.71. The molecule has 3 nitrogen and oxygen atoms in total. The lowest BCUT2D eigenvalue weighted by Crippen LogP contribution is -2.33. The van der Waals surface area contributed by atoms with E-state index >= 15 is 0 Å². The molecule has 1 saturated carbocycles. The third-order valence-corrected chi connectivity index (χ3v) is 3.03. The number of carbonyl (C=O) groups is 2. The minimum Gasteiger partial charge on any atom is -0.355 e. The van der Waals surface area contributed by atoms with Gasteiger partial charge in [0.25, 0.3) is 0 Å². The molecule has 0 aliphatic heterocycles. The number of rotatable bonds is 5. The molecular formula is C8H12BrNO2. The molecule has 1 rings (SSSR count). The fourth-order valence-corrected chi connectivity index (χ4v) is 1.22.